The van der Waals surface area contributed by atoms with Crippen LogP contribution in [-0.2, 0) is 19.5 Å². The van der Waals surface area contributed by atoms with Crippen LogP contribution in [0.5, 0.6) is 0 Å². The third-order valence-electron chi connectivity index (χ3n) is 5.49. The lowest BCUT2D eigenvalue weighted by Crippen LogP contribution is -2.30. The number of fused-ring (bicyclic) bond motifs is 2. The van der Waals surface area contributed by atoms with E-state index in [2.05, 4.69) is 40.5 Å². The molecular weight excluding hydrogens is 428 g/mol. The molecule has 1 aliphatic rings. The fraction of sp³-hybridized carbons (Fsp3) is 0.167. The number of nitrogens with two attached hydrogens (primary N) is 1. The van der Waals surface area contributed by atoms with E-state index in [1.807, 2.05) is 6.07 Å². The topological polar surface area (TPSA) is 71.2 Å². The molecule has 2 aromatic heterocycles. The van der Waals surface area contributed by atoms with E-state index in [1.54, 1.807) is 24.3 Å². The van der Waals surface area contributed by atoms with Crippen molar-refractivity contribution >= 4 is 50.4 Å². The number of hydrogen-bond donors (Lipinski definition) is 2. The van der Waals surface area contributed by atoms with Crippen LogP contribution in [0.25, 0.3) is 10.2 Å². The van der Waals surface area contributed by atoms with E-state index in [0.717, 1.165) is 42.0 Å². The smallest absolute Gasteiger partial charge is 0.267 e. The highest BCUT2D eigenvalue weighted by atomic mass is 35.5. The van der Waals surface area contributed by atoms with Crippen molar-refractivity contribution in [2.24, 2.45) is 0 Å². The molecule has 3 N–H and O–H groups in total. The monoisotopic (exact) mass is 448 g/mol. The van der Waals surface area contributed by atoms with Gasteiger partial charge in [-0.2, -0.15) is 0 Å². The van der Waals surface area contributed by atoms with E-state index < -0.39 is 0 Å². The van der Waals surface area contributed by atoms with Crippen LogP contribution in [0.1, 0.15) is 26.5 Å². The number of nitrogens with one attached hydrogen (secondary N) is 1. The van der Waals surface area contributed by atoms with Gasteiger partial charge in [-0.25, -0.2) is 4.98 Å². The lowest BCUT2D eigenvalue weighted by Gasteiger charge is -2.28. The van der Waals surface area contributed by atoms with Crippen LogP contribution in [0, 0.1) is 0 Å². The minimum atomic E-state index is -0.244. The number of hydrogen-bond acceptors (Lipinski definition) is 5. The van der Waals surface area contributed by atoms with E-state index in [9.17, 15) is 4.79 Å². The summed E-state index contributed by atoms with van der Waals surface area (Å²) in [6, 6.07) is 19.7. The molecular formula is C24H21ClN4OS. The first-order valence-electron chi connectivity index (χ1n) is 10.1. The second-order valence-corrected chi connectivity index (χ2v) is 9.14. The van der Waals surface area contributed by atoms with Crippen molar-refractivity contribution in [2.75, 3.05) is 17.6 Å². The summed E-state index contributed by atoms with van der Waals surface area (Å²) in [5.41, 5.74) is 11.1. The lowest BCUT2D eigenvalue weighted by atomic mass is 10.0. The van der Waals surface area contributed by atoms with Crippen molar-refractivity contribution in [1.82, 2.24) is 9.88 Å². The van der Waals surface area contributed by atoms with Crippen molar-refractivity contribution in [3.8, 4) is 0 Å². The first-order valence-corrected chi connectivity index (χ1v) is 11.3. The molecule has 2 aromatic carbocycles. The summed E-state index contributed by atoms with van der Waals surface area (Å²) in [6.45, 7) is 2.70. The summed E-state index contributed by atoms with van der Waals surface area (Å²) in [4.78, 5) is 21.4. The van der Waals surface area contributed by atoms with E-state index in [0.29, 0.717) is 21.3 Å². The number of thiophene rings is 1. The Kier molecular flexibility index (Phi) is 5.36. The minimum Gasteiger partial charge on any atom is -0.397 e. The average Bonchev–Trinajstić information content (AvgIpc) is 3.09. The number of nitrogen functional groups attached to an aromatic ring is 1. The molecule has 0 bridgehead atoms. The van der Waals surface area contributed by atoms with Gasteiger partial charge in [0, 0.05) is 47.8 Å². The molecule has 0 saturated heterocycles. The molecule has 7 heteroatoms. The highest BCUT2D eigenvalue weighted by Crippen LogP contribution is 2.35. The Morgan fingerprint density at radius 3 is 2.81 bits per heavy atom. The molecule has 0 spiro atoms. The van der Waals surface area contributed by atoms with Crippen LogP contribution >= 0.6 is 22.9 Å². The van der Waals surface area contributed by atoms with Gasteiger partial charge in [0.25, 0.3) is 5.91 Å². The van der Waals surface area contributed by atoms with Crippen LogP contribution in [0.2, 0.25) is 5.02 Å². The lowest BCUT2D eigenvalue weighted by molar-refractivity contribution is 0.103. The number of carbonyl (C=O) groups is 1. The van der Waals surface area contributed by atoms with Gasteiger partial charge in [-0.3, -0.25) is 9.69 Å². The van der Waals surface area contributed by atoms with Crippen molar-refractivity contribution < 1.29 is 4.79 Å². The molecule has 0 radical (unpaired) electrons. The van der Waals surface area contributed by atoms with Crippen LogP contribution < -0.4 is 11.1 Å². The Hall–Kier alpha value is -2.93. The predicted molar refractivity (Wildman–Crippen MR) is 128 cm³/mol. The number of amides is 1. The Morgan fingerprint density at radius 1 is 1.16 bits per heavy atom. The number of anilines is 2. The molecule has 0 atom stereocenters. The van der Waals surface area contributed by atoms with Gasteiger partial charge in [0.2, 0.25) is 0 Å². The number of carbonyl (C=O) groups excluding carboxylic acids is 1. The maximum atomic E-state index is 12.8. The maximum absolute atomic E-state index is 12.8. The van der Waals surface area contributed by atoms with Gasteiger partial charge in [0.15, 0.2) is 0 Å². The summed E-state index contributed by atoms with van der Waals surface area (Å²) in [6.07, 6.45) is 0.889. The molecule has 0 unspecified atom stereocenters. The van der Waals surface area contributed by atoms with E-state index in [4.69, 9.17) is 22.3 Å². The normalized spacial score (nSPS) is 13.8. The molecule has 3 heterocycles. The molecule has 5 rings (SSSR count). The molecule has 1 amide bonds. The summed E-state index contributed by atoms with van der Waals surface area (Å²) in [5.74, 6) is -0.244. The Labute approximate surface area is 189 Å². The largest absolute Gasteiger partial charge is 0.397 e. The first kappa shape index (κ1) is 20.0. The summed E-state index contributed by atoms with van der Waals surface area (Å²) in [7, 11) is 0. The van der Waals surface area contributed by atoms with Crippen molar-refractivity contribution in [2.45, 2.75) is 19.5 Å². The number of halogens is 1. The summed E-state index contributed by atoms with van der Waals surface area (Å²) >= 11 is 7.35. The second-order valence-electron chi connectivity index (χ2n) is 7.70. The SMILES string of the molecule is Nc1c(C(=O)Nc2cccc(Cl)c2)sc2nc3c(cc12)CN(Cc1ccccc1)CC3. The van der Waals surface area contributed by atoms with Gasteiger partial charge in [0.1, 0.15) is 9.71 Å². The minimum absolute atomic E-state index is 0.244. The van der Waals surface area contributed by atoms with Gasteiger partial charge in [0.05, 0.1) is 5.69 Å². The zero-order valence-corrected chi connectivity index (χ0v) is 18.3. The Bertz CT molecular complexity index is 1270. The third-order valence-corrected chi connectivity index (χ3v) is 6.84. The molecule has 156 valence electrons. The number of nitrogens with zero attached hydrogens (tertiary/aromatic N) is 2. The van der Waals surface area contributed by atoms with Crippen LogP contribution in [0.4, 0.5) is 11.4 Å². The molecule has 0 aliphatic carbocycles. The van der Waals surface area contributed by atoms with Crippen molar-refractivity contribution in [1.29, 1.82) is 0 Å². The average molecular weight is 449 g/mol. The molecule has 0 saturated carbocycles. The van der Waals surface area contributed by atoms with Gasteiger partial charge >= 0.3 is 0 Å². The maximum Gasteiger partial charge on any atom is 0.267 e. The van der Waals surface area contributed by atoms with Crippen molar-refractivity contribution in [3.63, 3.8) is 0 Å². The van der Waals surface area contributed by atoms with Crippen LogP contribution in [-0.4, -0.2) is 22.3 Å². The zero-order valence-electron chi connectivity index (χ0n) is 16.8. The van der Waals surface area contributed by atoms with Crippen LogP contribution in [0.15, 0.2) is 60.7 Å². The third kappa shape index (κ3) is 4.14. The zero-order chi connectivity index (χ0) is 21.4. The number of benzene rings is 2. The Morgan fingerprint density at radius 2 is 2.00 bits per heavy atom. The highest BCUT2D eigenvalue weighted by Gasteiger charge is 2.23. The van der Waals surface area contributed by atoms with Crippen molar-refractivity contribution in [3.05, 3.63) is 87.4 Å². The molecule has 5 nitrogen and oxygen atoms in total. The van der Waals surface area contributed by atoms with Crippen LogP contribution in [0.3, 0.4) is 0 Å². The van der Waals surface area contributed by atoms with Gasteiger partial charge in [-0.1, -0.05) is 48.0 Å². The number of rotatable bonds is 4. The fourth-order valence-corrected chi connectivity index (χ4v) is 5.14. The van der Waals surface area contributed by atoms with Gasteiger partial charge in [-0.15, -0.1) is 11.3 Å². The summed E-state index contributed by atoms with van der Waals surface area (Å²) < 4.78 is 0. The number of aromatic nitrogens is 1. The number of pyridine rings is 1. The van der Waals surface area contributed by atoms with E-state index >= 15 is 0 Å². The molecule has 1 aliphatic heterocycles. The fourth-order valence-electron chi connectivity index (χ4n) is 3.96. The second kappa shape index (κ2) is 8.30. The quantitative estimate of drug-likeness (QED) is 0.442. The molecule has 0 fully saturated rings. The molecule has 31 heavy (non-hydrogen) atoms. The highest BCUT2D eigenvalue weighted by molar-refractivity contribution is 7.21. The van der Waals surface area contributed by atoms with Gasteiger partial charge in [-0.05, 0) is 35.4 Å². The summed E-state index contributed by atoms with van der Waals surface area (Å²) in [5, 5.41) is 4.29. The Balaban J connectivity index is 1.40. The van der Waals surface area contributed by atoms with E-state index in [1.165, 1.54) is 22.5 Å². The van der Waals surface area contributed by atoms with Gasteiger partial charge < -0.3 is 11.1 Å². The predicted octanol–water partition coefficient (Wildman–Crippen LogP) is 5.34. The first-order chi connectivity index (χ1) is 15.1. The standard InChI is InChI=1S/C24H21ClN4OS/c25-17-7-4-8-18(12-17)27-23(30)22-21(26)19-11-16-14-29(13-15-5-2-1-3-6-15)10-9-20(16)28-24(19)31-22/h1-8,11-12H,9-10,13-14,26H2,(H,27,30). The molecule has 4 aromatic rings. The van der Waals surface area contributed by atoms with E-state index in [-0.39, 0.29) is 5.91 Å².